The van der Waals surface area contributed by atoms with Gasteiger partial charge in [0.2, 0.25) is 0 Å². The zero-order chi connectivity index (χ0) is 18.1. The van der Waals surface area contributed by atoms with E-state index in [-0.39, 0.29) is 17.3 Å². The molecule has 0 bridgehead atoms. The normalized spacial score (nSPS) is 10.2. The molecule has 0 saturated carbocycles. The van der Waals surface area contributed by atoms with Crippen LogP contribution in [0.2, 0.25) is 0 Å². The van der Waals surface area contributed by atoms with Crippen LogP contribution in [0, 0.1) is 11.3 Å². The van der Waals surface area contributed by atoms with Crippen LogP contribution in [-0.4, -0.2) is 28.3 Å². The SMILES string of the molecule is CCc1nc(SCC(=O)OCCCc2ccccc2)[nH]c(=O)c1C#N. The number of carbonyl (C=O) groups excluding carboxylic acids is 1. The van der Waals surface area contributed by atoms with Gasteiger partial charge in [0.1, 0.15) is 11.6 Å². The van der Waals surface area contributed by atoms with Gasteiger partial charge in [-0.3, -0.25) is 9.59 Å². The quantitative estimate of drug-likeness (QED) is 0.337. The van der Waals surface area contributed by atoms with Crippen LogP contribution in [0.3, 0.4) is 0 Å². The first-order valence-electron chi connectivity index (χ1n) is 7.99. The van der Waals surface area contributed by atoms with E-state index in [2.05, 4.69) is 9.97 Å². The maximum absolute atomic E-state index is 11.8. The Morgan fingerprint density at radius 2 is 2.12 bits per heavy atom. The van der Waals surface area contributed by atoms with Gasteiger partial charge in [0, 0.05) is 0 Å². The average molecular weight is 357 g/mol. The second-order valence-electron chi connectivity index (χ2n) is 5.26. The smallest absolute Gasteiger partial charge is 0.316 e. The van der Waals surface area contributed by atoms with Crippen LogP contribution in [0.25, 0.3) is 0 Å². The summed E-state index contributed by atoms with van der Waals surface area (Å²) in [4.78, 5) is 30.3. The van der Waals surface area contributed by atoms with Crippen molar-refractivity contribution in [3.63, 3.8) is 0 Å². The molecule has 0 aliphatic heterocycles. The molecule has 1 heterocycles. The highest BCUT2D eigenvalue weighted by atomic mass is 32.2. The van der Waals surface area contributed by atoms with E-state index < -0.39 is 5.56 Å². The molecule has 0 fully saturated rings. The van der Waals surface area contributed by atoms with Gasteiger partial charge >= 0.3 is 5.97 Å². The molecule has 25 heavy (non-hydrogen) atoms. The van der Waals surface area contributed by atoms with Gasteiger partial charge in [0.05, 0.1) is 18.1 Å². The number of rotatable bonds is 8. The minimum Gasteiger partial charge on any atom is -0.465 e. The molecule has 0 unspecified atom stereocenters. The number of ether oxygens (including phenoxy) is 1. The van der Waals surface area contributed by atoms with Gasteiger partial charge < -0.3 is 9.72 Å². The lowest BCUT2D eigenvalue weighted by Gasteiger charge is -2.06. The summed E-state index contributed by atoms with van der Waals surface area (Å²) < 4.78 is 5.19. The predicted molar refractivity (Wildman–Crippen MR) is 95.4 cm³/mol. The molecule has 7 heteroatoms. The van der Waals surface area contributed by atoms with Gasteiger partial charge in [-0.15, -0.1) is 0 Å². The fraction of sp³-hybridized carbons (Fsp3) is 0.333. The molecule has 0 aliphatic carbocycles. The molecule has 2 rings (SSSR count). The summed E-state index contributed by atoms with van der Waals surface area (Å²) in [6.45, 7) is 2.17. The number of aromatic nitrogens is 2. The number of nitrogens with zero attached hydrogens (tertiary/aromatic N) is 2. The molecule has 0 spiro atoms. The third-order valence-corrected chi connectivity index (χ3v) is 4.31. The van der Waals surface area contributed by atoms with E-state index in [9.17, 15) is 9.59 Å². The zero-order valence-electron chi connectivity index (χ0n) is 13.9. The molecule has 6 nitrogen and oxygen atoms in total. The predicted octanol–water partition coefficient (Wildman–Crippen LogP) is 2.47. The number of aryl methyl sites for hydroxylation is 2. The first-order valence-corrected chi connectivity index (χ1v) is 8.98. The lowest BCUT2D eigenvalue weighted by molar-refractivity contribution is -0.140. The Bertz CT molecular complexity index is 813. The number of H-pyrrole nitrogens is 1. The van der Waals surface area contributed by atoms with E-state index in [1.807, 2.05) is 43.3 Å². The topological polar surface area (TPSA) is 95.8 Å². The van der Waals surface area contributed by atoms with Crippen molar-refractivity contribution in [2.45, 2.75) is 31.3 Å². The van der Waals surface area contributed by atoms with Gasteiger partial charge in [-0.05, 0) is 24.8 Å². The lowest BCUT2D eigenvalue weighted by atomic mass is 10.1. The Morgan fingerprint density at radius 1 is 1.36 bits per heavy atom. The van der Waals surface area contributed by atoms with E-state index in [0.717, 1.165) is 24.6 Å². The molecule has 2 aromatic rings. The third-order valence-electron chi connectivity index (χ3n) is 3.46. The highest BCUT2D eigenvalue weighted by molar-refractivity contribution is 7.99. The Morgan fingerprint density at radius 3 is 2.80 bits per heavy atom. The highest BCUT2D eigenvalue weighted by Gasteiger charge is 2.11. The van der Waals surface area contributed by atoms with Gasteiger partial charge in [0.25, 0.3) is 5.56 Å². The van der Waals surface area contributed by atoms with Crippen molar-refractivity contribution in [1.82, 2.24) is 9.97 Å². The maximum Gasteiger partial charge on any atom is 0.316 e. The molecule has 1 aromatic carbocycles. The summed E-state index contributed by atoms with van der Waals surface area (Å²) in [6, 6.07) is 11.8. The molecular weight excluding hydrogens is 338 g/mol. The van der Waals surface area contributed by atoms with Gasteiger partial charge in [-0.2, -0.15) is 5.26 Å². The number of benzene rings is 1. The van der Waals surface area contributed by atoms with E-state index in [0.29, 0.717) is 23.9 Å². The van der Waals surface area contributed by atoms with Crippen LogP contribution in [0.15, 0.2) is 40.3 Å². The summed E-state index contributed by atoms with van der Waals surface area (Å²) >= 11 is 1.10. The molecule has 0 aliphatic rings. The van der Waals surface area contributed by atoms with Crippen molar-refractivity contribution < 1.29 is 9.53 Å². The fourth-order valence-corrected chi connectivity index (χ4v) is 2.89. The largest absolute Gasteiger partial charge is 0.465 e. The summed E-state index contributed by atoms with van der Waals surface area (Å²) in [5.41, 5.74) is 1.19. The van der Waals surface area contributed by atoms with Crippen LogP contribution in [0.1, 0.15) is 30.2 Å². The number of thioether (sulfide) groups is 1. The van der Waals surface area contributed by atoms with Crippen LogP contribution in [-0.2, 0) is 22.4 Å². The summed E-state index contributed by atoms with van der Waals surface area (Å²) in [7, 11) is 0. The lowest BCUT2D eigenvalue weighted by Crippen LogP contribution is -2.17. The first-order chi connectivity index (χ1) is 12.1. The summed E-state index contributed by atoms with van der Waals surface area (Å²) in [5.74, 6) is -0.299. The van der Waals surface area contributed by atoms with Gasteiger partial charge in [-0.25, -0.2) is 4.98 Å². The number of aromatic amines is 1. The van der Waals surface area contributed by atoms with E-state index >= 15 is 0 Å². The number of nitrogens with one attached hydrogen (secondary N) is 1. The molecule has 130 valence electrons. The number of hydrogen-bond donors (Lipinski definition) is 1. The molecule has 1 aromatic heterocycles. The Labute approximate surface area is 150 Å². The number of esters is 1. The van der Waals surface area contributed by atoms with Crippen LogP contribution < -0.4 is 5.56 Å². The zero-order valence-corrected chi connectivity index (χ0v) is 14.8. The van der Waals surface area contributed by atoms with Gasteiger partial charge in [-0.1, -0.05) is 49.0 Å². The van der Waals surface area contributed by atoms with Gasteiger partial charge in [0.15, 0.2) is 5.16 Å². The minimum absolute atomic E-state index is 0.0235. The number of nitriles is 1. The molecule has 0 amide bonds. The fourth-order valence-electron chi connectivity index (χ4n) is 2.21. The van der Waals surface area contributed by atoms with E-state index in [1.54, 1.807) is 0 Å². The Balaban J connectivity index is 1.77. The summed E-state index contributed by atoms with van der Waals surface area (Å²) in [6.07, 6.45) is 2.09. The third kappa shape index (κ3) is 5.76. The van der Waals surface area contributed by atoms with E-state index in [4.69, 9.17) is 10.00 Å². The monoisotopic (exact) mass is 357 g/mol. The molecular formula is C18H19N3O3S. The molecule has 0 saturated heterocycles. The van der Waals surface area contributed by atoms with Crippen LogP contribution >= 0.6 is 11.8 Å². The van der Waals surface area contributed by atoms with Crippen molar-refractivity contribution in [3.05, 3.63) is 57.5 Å². The van der Waals surface area contributed by atoms with Crippen LogP contribution in [0.5, 0.6) is 0 Å². The van der Waals surface area contributed by atoms with Crippen LogP contribution in [0.4, 0.5) is 0 Å². The minimum atomic E-state index is -0.479. The second-order valence-corrected chi connectivity index (χ2v) is 6.22. The molecule has 0 atom stereocenters. The number of carbonyl (C=O) groups is 1. The summed E-state index contributed by atoms with van der Waals surface area (Å²) in [5, 5.41) is 9.27. The van der Waals surface area contributed by atoms with E-state index in [1.165, 1.54) is 5.56 Å². The standard InChI is InChI=1S/C18H19N3O3S/c1-2-15-14(11-19)17(23)21-18(20-15)25-12-16(22)24-10-6-9-13-7-4-3-5-8-13/h3-5,7-8H,2,6,9-10,12H2,1H3,(H,20,21,23). The van der Waals surface area contributed by atoms with Crippen molar-refractivity contribution >= 4 is 17.7 Å². The van der Waals surface area contributed by atoms with Crippen molar-refractivity contribution in [3.8, 4) is 6.07 Å². The van der Waals surface area contributed by atoms with Crippen molar-refractivity contribution in [1.29, 1.82) is 5.26 Å². The van der Waals surface area contributed by atoms with Crippen molar-refractivity contribution in [2.24, 2.45) is 0 Å². The number of hydrogen-bond acceptors (Lipinski definition) is 6. The Kier molecular flexibility index (Phi) is 7.23. The average Bonchev–Trinajstić information content (AvgIpc) is 2.64. The molecule has 0 radical (unpaired) electrons. The second kappa shape index (κ2) is 9.64. The first kappa shape index (κ1) is 18.7. The molecule has 1 N–H and O–H groups in total. The Hall–Kier alpha value is -2.59. The van der Waals surface area contributed by atoms with Crippen molar-refractivity contribution in [2.75, 3.05) is 12.4 Å². The maximum atomic E-state index is 11.8. The highest BCUT2D eigenvalue weighted by Crippen LogP contribution is 2.13.